The van der Waals surface area contributed by atoms with Gasteiger partial charge in [-0.05, 0) is 54.3 Å². The highest BCUT2D eigenvalue weighted by atomic mass is 19.1. The molecule has 25 heavy (non-hydrogen) atoms. The molecule has 2 atom stereocenters. The third kappa shape index (κ3) is 3.28. The summed E-state index contributed by atoms with van der Waals surface area (Å²) in [6.07, 6.45) is 0.675. The van der Waals surface area contributed by atoms with E-state index in [0.29, 0.717) is 17.7 Å². The Hall–Kier alpha value is -3.02. The number of aromatic nitrogens is 1. The fraction of sp³-hybridized carbons (Fsp3) is 0.158. The van der Waals surface area contributed by atoms with Crippen LogP contribution in [0.3, 0.4) is 0 Å². The molecule has 0 saturated heterocycles. The van der Waals surface area contributed by atoms with Gasteiger partial charge in [0.2, 0.25) is 11.8 Å². The van der Waals surface area contributed by atoms with Crippen molar-refractivity contribution in [1.82, 2.24) is 5.16 Å². The van der Waals surface area contributed by atoms with Crippen LogP contribution < -0.4 is 5.32 Å². The standard InChI is InChI=1S/C19H14F2N2O2/c20-13-6-4-11(5-7-13)17-10-18(25-23-17)22-19(24)16-9-15(16)12-2-1-3-14(21)8-12/h1-8,10,15-16H,9H2,(H,22,24). The summed E-state index contributed by atoms with van der Waals surface area (Å²) in [5.41, 5.74) is 2.02. The van der Waals surface area contributed by atoms with E-state index < -0.39 is 0 Å². The second-order valence-electron chi connectivity index (χ2n) is 6.08. The van der Waals surface area contributed by atoms with Crippen LogP contribution in [0.4, 0.5) is 14.7 Å². The number of hydrogen-bond donors (Lipinski definition) is 1. The van der Waals surface area contributed by atoms with E-state index in [1.807, 2.05) is 6.07 Å². The number of hydrogen-bond acceptors (Lipinski definition) is 3. The summed E-state index contributed by atoms with van der Waals surface area (Å²) >= 11 is 0. The van der Waals surface area contributed by atoms with Crippen molar-refractivity contribution in [3.05, 3.63) is 71.8 Å². The minimum atomic E-state index is -0.335. The summed E-state index contributed by atoms with van der Waals surface area (Å²) in [4.78, 5) is 12.3. The first-order chi connectivity index (χ1) is 12.1. The van der Waals surface area contributed by atoms with Crippen LogP contribution in [-0.2, 0) is 4.79 Å². The van der Waals surface area contributed by atoms with Gasteiger partial charge in [0.15, 0.2) is 0 Å². The Morgan fingerprint density at radius 3 is 2.64 bits per heavy atom. The third-order valence-corrected chi connectivity index (χ3v) is 4.30. The molecule has 6 heteroatoms. The number of amides is 1. The zero-order valence-electron chi connectivity index (χ0n) is 13.1. The molecule has 0 aliphatic heterocycles. The number of anilines is 1. The molecule has 0 spiro atoms. The number of carbonyl (C=O) groups excluding carboxylic acids is 1. The second-order valence-corrected chi connectivity index (χ2v) is 6.08. The number of nitrogens with zero attached hydrogens (tertiary/aromatic N) is 1. The molecule has 1 saturated carbocycles. The van der Waals surface area contributed by atoms with Crippen molar-refractivity contribution in [2.45, 2.75) is 12.3 Å². The molecule has 1 amide bonds. The molecule has 4 rings (SSSR count). The van der Waals surface area contributed by atoms with Crippen LogP contribution >= 0.6 is 0 Å². The molecular formula is C19H14F2N2O2. The molecule has 3 aromatic rings. The van der Waals surface area contributed by atoms with E-state index >= 15 is 0 Å². The molecule has 2 aromatic carbocycles. The molecule has 1 aliphatic rings. The largest absolute Gasteiger partial charge is 0.338 e. The van der Waals surface area contributed by atoms with Gasteiger partial charge in [-0.25, -0.2) is 8.78 Å². The summed E-state index contributed by atoms with van der Waals surface area (Å²) in [6, 6.07) is 13.7. The smallest absolute Gasteiger partial charge is 0.231 e. The first-order valence-electron chi connectivity index (χ1n) is 7.89. The maximum Gasteiger partial charge on any atom is 0.231 e. The van der Waals surface area contributed by atoms with Gasteiger partial charge in [-0.2, -0.15) is 0 Å². The first-order valence-corrected chi connectivity index (χ1v) is 7.89. The van der Waals surface area contributed by atoms with Crippen molar-refractivity contribution >= 4 is 11.8 Å². The Balaban J connectivity index is 1.41. The summed E-state index contributed by atoms with van der Waals surface area (Å²) in [5.74, 6) is -0.776. The summed E-state index contributed by atoms with van der Waals surface area (Å²) in [5, 5.41) is 6.56. The zero-order chi connectivity index (χ0) is 17.4. The quantitative estimate of drug-likeness (QED) is 0.768. The van der Waals surface area contributed by atoms with Crippen molar-refractivity contribution in [2.24, 2.45) is 5.92 Å². The van der Waals surface area contributed by atoms with Crippen LogP contribution in [0.15, 0.2) is 59.1 Å². The van der Waals surface area contributed by atoms with E-state index in [1.165, 1.54) is 24.3 Å². The molecule has 2 unspecified atom stereocenters. The monoisotopic (exact) mass is 340 g/mol. The van der Waals surface area contributed by atoms with Crippen LogP contribution in [-0.4, -0.2) is 11.1 Å². The Kier molecular flexibility index (Phi) is 3.80. The highest BCUT2D eigenvalue weighted by molar-refractivity contribution is 5.94. The van der Waals surface area contributed by atoms with E-state index in [2.05, 4.69) is 10.5 Å². The highest BCUT2D eigenvalue weighted by Crippen LogP contribution is 2.48. The van der Waals surface area contributed by atoms with Gasteiger partial charge in [-0.1, -0.05) is 17.3 Å². The minimum absolute atomic E-state index is 0.0233. The Morgan fingerprint density at radius 1 is 1.08 bits per heavy atom. The normalized spacial score (nSPS) is 18.8. The topological polar surface area (TPSA) is 55.1 Å². The van der Waals surface area contributed by atoms with Crippen molar-refractivity contribution in [3.8, 4) is 11.3 Å². The molecular weight excluding hydrogens is 326 g/mol. The van der Waals surface area contributed by atoms with E-state index in [9.17, 15) is 13.6 Å². The van der Waals surface area contributed by atoms with Crippen molar-refractivity contribution < 1.29 is 18.1 Å². The molecule has 1 N–H and O–H groups in total. The van der Waals surface area contributed by atoms with Crippen LogP contribution in [0.2, 0.25) is 0 Å². The lowest BCUT2D eigenvalue weighted by atomic mass is 10.1. The molecule has 1 aliphatic carbocycles. The lowest BCUT2D eigenvalue weighted by Crippen LogP contribution is -2.14. The Labute approximate surface area is 142 Å². The van der Waals surface area contributed by atoms with Crippen LogP contribution in [0.5, 0.6) is 0 Å². The molecule has 1 heterocycles. The van der Waals surface area contributed by atoms with E-state index in [0.717, 1.165) is 5.56 Å². The lowest BCUT2D eigenvalue weighted by molar-refractivity contribution is -0.117. The summed E-state index contributed by atoms with van der Waals surface area (Å²) in [7, 11) is 0. The van der Waals surface area contributed by atoms with Gasteiger partial charge < -0.3 is 4.52 Å². The molecule has 126 valence electrons. The second kappa shape index (κ2) is 6.12. The fourth-order valence-electron chi connectivity index (χ4n) is 2.90. The number of halogens is 2. The predicted molar refractivity (Wildman–Crippen MR) is 87.8 cm³/mol. The van der Waals surface area contributed by atoms with Crippen LogP contribution in [0.1, 0.15) is 17.9 Å². The van der Waals surface area contributed by atoms with E-state index in [4.69, 9.17) is 4.52 Å². The minimum Gasteiger partial charge on any atom is -0.338 e. The maximum atomic E-state index is 13.3. The van der Waals surface area contributed by atoms with Crippen LogP contribution in [0, 0.1) is 17.6 Å². The van der Waals surface area contributed by atoms with Gasteiger partial charge in [-0.15, -0.1) is 0 Å². The maximum absolute atomic E-state index is 13.3. The van der Waals surface area contributed by atoms with Crippen molar-refractivity contribution in [1.29, 1.82) is 0 Å². The third-order valence-electron chi connectivity index (χ3n) is 4.30. The predicted octanol–water partition coefficient (Wildman–Crippen LogP) is 4.36. The first kappa shape index (κ1) is 15.5. The zero-order valence-corrected chi connectivity index (χ0v) is 13.1. The van der Waals surface area contributed by atoms with Gasteiger partial charge >= 0.3 is 0 Å². The van der Waals surface area contributed by atoms with Gasteiger partial charge in [0.25, 0.3) is 0 Å². The van der Waals surface area contributed by atoms with Gasteiger partial charge in [0.05, 0.1) is 0 Å². The number of nitrogens with one attached hydrogen (secondary N) is 1. The van der Waals surface area contributed by atoms with E-state index in [-0.39, 0.29) is 35.3 Å². The van der Waals surface area contributed by atoms with Crippen LogP contribution in [0.25, 0.3) is 11.3 Å². The fourth-order valence-corrected chi connectivity index (χ4v) is 2.90. The molecule has 0 radical (unpaired) electrons. The van der Waals surface area contributed by atoms with Gasteiger partial charge in [0, 0.05) is 17.5 Å². The van der Waals surface area contributed by atoms with Crippen molar-refractivity contribution in [2.75, 3.05) is 5.32 Å². The van der Waals surface area contributed by atoms with Crippen molar-refractivity contribution in [3.63, 3.8) is 0 Å². The number of benzene rings is 2. The number of rotatable bonds is 4. The SMILES string of the molecule is O=C(Nc1cc(-c2ccc(F)cc2)no1)C1CC1c1cccc(F)c1. The van der Waals surface area contributed by atoms with Gasteiger partial charge in [0.1, 0.15) is 17.3 Å². The molecule has 0 bridgehead atoms. The average molecular weight is 340 g/mol. The average Bonchev–Trinajstić information content (AvgIpc) is 3.28. The Morgan fingerprint density at radius 2 is 1.88 bits per heavy atom. The molecule has 4 nitrogen and oxygen atoms in total. The lowest BCUT2D eigenvalue weighted by Gasteiger charge is -2.01. The molecule has 1 aromatic heterocycles. The summed E-state index contributed by atoms with van der Waals surface area (Å²) in [6.45, 7) is 0. The van der Waals surface area contributed by atoms with E-state index in [1.54, 1.807) is 24.3 Å². The highest BCUT2D eigenvalue weighted by Gasteiger charge is 2.44. The Bertz CT molecular complexity index is 921. The molecule has 1 fully saturated rings. The van der Waals surface area contributed by atoms with Gasteiger partial charge in [-0.3, -0.25) is 10.1 Å². The number of carbonyl (C=O) groups is 1. The summed E-state index contributed by atoms with van der Waals surface area (Å²) < 4.78 is 31.3.